The van der Waals surface area contributed by atoms with Crippen LogP contribution < -0.4 is 16.2 Å². The van der Waals surface area contributed by atoms with Gasteiger partial charge in [0, 0.05) is 28.5 Å². The summed E-state index contributed by atoms with van der Waals surface area (Å²) in [6.07, 6.45) is 1.61. The first kappa shape index (κ1) is 20.2. The summed E-state index contributed by atoms with van der Waals surface area (Å²) in [7, 11) is 0. The number of aromatic nitrogens is 1. The van der Waals surface area contributed by atoms with Crippen LogP contribution in [0.3, 0.4) is 0 Å². The lowest BCUT2D eigenvalue weighted by atomic mass is 10.2. The second-order valence-corrected chi connectivity index (χ2v) is 6.85. The Morgan fingerprint density at radius 3 is 2.48 bits per heavy atom. The molecule has 1 heterocycles. The van der Waals surface area contributed by atoms with Crippen LogP contribution in [0.15, 0.2) is 65.6 Å². The lowest BCUT2D eigenvalue weighted by Crippen LogP contribution is -2.26. The van der Waals surface area contributed by atoms with Crippen molar-refractivity contribution in [3.63, 3.8) is 0 Å². The van der Waals surface area contributed by atoms with Crippen molar-refractivity contribution in [2.75, 3.05) is 10.6 Å². The van der Waals surface area contributed by atoms with Crippen LogP contribution in [0, 0.1) is 6.92 Å². The van der Waals surface area contributed by atoms with Gasteiger partial charge in [0.05, 0.1) is 5.69 Å². The molecule has 0 saturated heterocycles. The summed E-state index contributed by atoms with van der Waals surface area (Å²) >= 11 is 5.87. The van der Waals surface area contributed by atoms with E-state index in [1.54, 1.807) is 24.4 Å². The molecule has 0 bridgehead atoms. The number of amides is 2. The van der Waals surface area contributed by atoms with E-state index in [0.717, 1.165) is 5.56 Å². The summed E-state index contributed by atoms with van der Waals surface area (Å²) in [6, 6.07) is 13.6. The van der Waals surface area contributed by atoms with Gasteiger partial charge in [0.1, 0.15) is 12.3 Å². The van der Waals surface area contributed by atoms with Gasteiger partial charge in [-0.05, 0) is 55.0 Å². The molecule has 0 aliphatic carbocycles. The van der Waals surface area contributed by atoms with Gasteiger partial charge >= 0.3 is 0 Å². The van der Waals surface area contributed by atoms with Gasteiger partial charge < -0.3 is 20.3 Å². The Balaban J connectivity index is 1.64. The summed E-state index contributed by atoms with van der Waals surface area (Å²) in [6.45, 7) is 1.72. The molecule has 7 nitrogen and oxygen atoms in total. The van der Waals surface area contributed by atoms with Gasteiger partial charge in [-0.25, -0.2) is 0 Å². The first-order valence-corrected chi connectivity index (χ1v) is 9.06. The van der Waals surface area contributed by atoms with Gasteiger partial charge in [0.25, 0.3) is 11.5 Å². The monoisotopic (exact) mass is 411 g/mol. The second-order valence-electron chi connectivity index (χ2n) is 6.41. The van der Waals surface area contributed by atoms with Crippen LogP contribution >= 0.6 is 11.6 Å². The molecule has 0 spiro atoms. The fourth-order valence-electron chi connectivity index (χ4n) is 2.64. The maximum atomic E-state index is 12.3. The van der Waals surface area contributed by atoms with Crippen LogP contribution in [-0.2, 0) is 11.3 Å². The molecule has 8 heteroatoms. The number of aromatic hydroxyl groups is 1. The molecule has 1 aromatic heterocycles. The summed E-state index contributed by atoms with van der Waals surface area (Å²) < 4.78 is 1.32. The Labute approximate surface area is 171 Å². The maximum absolute atomic E-state index is 12.3. The highest BCUT2D eigenvalue weighted by molar-refractivity contribution is 6.31. The number of phenols is 1. The number of carbonyl (C=O) groups excluding carboxylic acids is 2. The number of phenolic OH excluding ortho intramolecular Hbond substituents is 1. The normalized spacial score (nSPS) is 10.4. The van der Waals surface area contributed by atoms with Crippen LogP contribution in [0.25, 0.3) is 0 Å². The lowest BCUT2D eigenvalue weighted by Gasteiger charge is -2.10. The standard InChI is InChI=1S/C21H18ClN3O4/c1-13-2-9-20(28)25(11-13)12-19(27)23-16-6-3-14(4-7-16)21(29)24-17-10-15(22)5-8-18(17)26/h2-11,26H,12H2,1H3,(H,23,27)(H,24,29). The molecular weight excluding hydrogens is 394 g/mol. The van der Waals surface area contributed by atoms with E-state index in [2.05, 4.69) is 10.6 Å². The molecular formula is C21H18ClN3O4. The van der Waals surface area contributed by atoms with Gasteiger partial charge in [-0.15, -0.1) is 0 Å². The van der Waals surface area contributed by atoms with E-state index in [-0.39, 0.29) is 29.4 Å². The summed E-state index contributed by atoms with van der Waals surface area (Å²) in [5.41, 5.74) is 1.62. The van der Waals surface area contributed by atoms with Crippen LogP contribution in [0.5, 0.6) is 5.75 Å². The molecule has 29 heavy (non-hydrogen) atoms. The van der Waals surface area contributed by atoms with Crippen LogP contribution in [0.4, 0.5) is 11.4 Å². The number of halogens is 1. The maximum Gasteiger partial charge on any atom is 0.255 e. The van der Waals surface area contributed by atoms with Crippen molar-refractivity contribution < 1.29 is 14.7 Å². The Kier molecular flexibility index (Phi) is 5.99. The van der Waals surface area contributed by atoms with Crippen molar-refractivity contribution >= 4 is 34.8 Å². The number of rotatable bonds is 5. The van der Waals surface area contributed by atoms with E-state index in [1.165, 1.54) is 41.0 Å². The Bertz CT molecular complexity index is 1120. The fourth-order valence-corrected chi connectivity index (χ4v) is 2.81. The average Bonchev–Trinajstić information content (AvgIpc) is 2.68. The molecule has 0 saturated carbocycles. The van der Waals surface area contributed by atoms with Gasteiger partial charge in [0.2, 0.25) is 5.91 Å². The minimum absolute atomic E-state index is 0.0991. The topological polar surface area (TPSA) is 100 Å². The van der Waals surface area contributed by atoms with Crippen LogP contribution in [0.2, 0.25) is 5.02 Å². The molecule has 0 unspecified atom stereocenters. The van der Waals surface area contributed by atoms with Gasteiger partial charge in [0.15, 0.2) is 0 Å². The highest BCUT2D eigenvalue weighted by Gasteiger charge is 2.11. The molecule has 3 rings (SSSR count). The number of carbonyl (C=O) groups is 2. The largest absolute Gasteiger partial charge is 0.506 e. The Morgan fingerprint density at radius 2 is 1.76 bits per heavy atom. The van der Waals surface area contributed by atoms with Crippen molar-refractivity contribution in [3.05, 3.63) is 87.3 Å². The predicted octanol–water partition coefficient (Wildman–Crippen LogP) is 3.41. The lowest BCUT2D eigenvalue weighted by molar-refractivity contribution is -0.116. The highest BCUT2D eigenvalue weighted by Crippen LogP contribution is 2.27. The zero-order valence-electron chi connectivity index (χ0n) is 15.5. The first-order valence-electron chi connectivity index (χ1n) is 8.69. The molecule has 2 aromatic carbocycles. The Morgan fingerprint density at radius 1 is 1.03 bits per heavy atom. The Hall–Kier alpha value is -3.58. The number of benzene rings is 2. The quantitative estimate of drug-likeness (QED) is 0.560. The SMILES string of the molecule is Cc1ccc(=O)n(CC(=O)Nc2ccc(C(=O)Nc3cc(Cl)ccc3O)cc2)c1. The van der Waals surface area contributed by atoms with Gasteiger partial charge in [-0.3, -0.25) is 14.4 Å². The third kappa shape index (κ3) is 5.24. The zero-order valence-corrected chi connectivity index (χ0v) is 16.2. The first-order chi connectivity index (χ1) is 13.8. The number of hydrogen-bond donors (Lipinski definition) is 3. The molecule has 0 fully saturated rings. The molecule has 148 valence electrons. The van der Waals surface area contributed by atoms with Gasteiger partial charge in [-0.2, -0.15) is 0 Å². The minimum Gasteiger partial charge on any atom is -0.506 e. The number of hydrogen-bond acceptors (Lipinski definition) is 4. The van der Waals surface area contributed by atoms with Crippen molar-refractivity contribution in [2.45, 2.75) is 13.5 Å². The molecule has 0 aliphatic rings. The van der Waals surface area contributed by atoms with E-state index in [1.807, 2.05) is 6.92 Å². The van der Waals surface area contributed by atoms with E-state index in [4.69, 9.17) is 11.6 Å². The zero-order chi connectivity index (χ0) is 21.0. The van der Waals surface area contributed by atoms with Crippen LogP contribution in [0.1, 0.15) is 15.9 Å². The molecule has 0 atom stereocenters. The third-order valence-corrected chi connectivity index (χ3v) is 4.32. The smallest absolute Gasteiger partial charge is 0.255 e. The third-order valence-electron chi connectivity index (χ3n) is 4.08. The molecule has 2 amide bonds. The number of nitrogens with zero attached hydrogens (tertiary/aromatic N) is 1. The summed E-state index contributed by atoms with van der Waals surface area (Å²) in [5, 5.41) is 15.4. The number of anilines is 2. The van der Waals surface area contributed by atoms with Crippen molar-refractivity contribution in [1.82, 2.24) is 4.57 Å². The fraction of sp³-hybridized carbons (Fsp3) is 0.0952. The molecule has 3 N–H and O–H groups in total. The second kappa shape index (κ2) is 8.62. The number of pyridine rings is 1. The van der Waals surface area contributed by atoms with E-state index in [9.17, 15) is 19.5 Å². The van der Waals surface area contributed by atoms with Crippen LogP contribution in [-0.4, -0.2) is 21.5 Å². The molecule has 3 aromatic rings. The summed E-state index contributed by atoms with van der Waals surface area (Å²) in [4.78, 5) is 36.3. The number of nitrogens with one attached hydrogen (secondary N) is 2. The van der Waals surface area contributed by atoms with Crippen molar-refractivity contribution in [3.8, 4) is 5.75 Å². The minimum atomic E-state index is -0.438. The van der Waals surface area contributed by atoms with Crippen molar-refractivity contribution in [1.29, 1.82) is 0 Å². The van der Waals surface area contributed by atoms with E-state index >= 15 is 0 Å². The predicted molar refractivity (Wildman–Crippen MR) is 112 cm³/mol. The summed E-state index contributed by atoms with van der Waals surface area (Å²) in [5.74, 6) is -0.900. The molecule has 0 radical (unpaired) electrons. The molecule has 0 aliphatic heterocycles. The van der Waals surface area contributed by atoms with E-state index < -0.39 is 5.91 Å². The van der Waals surface area contributed by atoms with Crippen molar-refractivity contribution in [2.24, 2.45) is 0 Å². The number of aryl methyl sites for hydroxylation is 1. The average molecular weight is 412 g/mol. The highest BCUT2D eigenvalue weighted by atomic mass is 35.5. The van der Waals surface area contributed by atoms with Gasteiger partial charge in [-0.1, -0.05) is 17.7 Å². The van der Waals surface area contributed by atoms with E-state index in [0.29, 0.717) is 16.3 Å².